The maximum absolute atomic E-state index is 12.2. The molecule has 3 N–H and O–H groups in total. The fourth-order valence-electron chi connectivity index (χ4n) is 1.83. The van der Waals surface area contributed by atoms with Crippen molar-refractivity contribution in [2.45, 2.75) is 19.4 Å². The highest BCUT2D eigenvalue weighted by atomic mass is 35.5. The van der Waals surface area contributed by atoms with Crippen molar-refractivity contribution in [2.75, 3.05) is 5.73 Å². The predicted octanol–water partition coefficient (Wildman–Crippen LogP) is 3.86. The van der Waals surface area contributed by atoms with Crippen LogP contribution in [0.2, 0.25) is 5.02 Å². The molecular formula is C14H15ClN2OS. The van der Waals surface area contributed by atoms with Crippen LogP contribution in [0.1, 0.15) is 34.6 Å². The van der Waals surface area contributed by atoms with Gasteiger partial charge in [0.2, 0.25) is 0 Å². The van der Waals surface area contributed by atoms with Crippen LogP contribution in [-0.4, -0.2) is 5.91 Å². The Hall–Kier alpha value is -1.52. The van der Waals surface area contributed by atoms with Crippen LogP contribution in [0.3, 0.4) is 0 Å². The van der Waals surface area contributed by atoms with Gasteiger partial charge in [0, 0.05) is 4.88 Å². The van der Waals surface area contributed by atoms with E-state index >= 15 is 0 Å². The largest absolute Gasteiger partial charge is 0.397 e. The molecule has 0 fully saturated rings. The van der Waals surface area contributed by atoms with E-state index in [1.54, 1.807) is 29.5 Å². The zero-order chi connectivity index (χ0) is 13.8. The van der Waals surface area contributed by atoms with Gasteiger partial charge in [0.1, 0.15) is 0 Å². The van der Waals surface area contributed by atoms with Gasteiger partial charge >= 0.3 is 0 Å². The summed E-state index contributed by atoms with van der Waals surface area (Å²) in [5.74, 6) is -0.194. The number of hydrogen-bond acceptors (Lipinski definition) is 3. The quantitative estimate of drug-likeness (QED) is 0.841. The van der Waals surface area contributed by atoms with Gasteiger partial charge in [-0.2, -0.15) is 0 Å². The van der Waals surface area contributed by atoms with E-state index in [1.807, 2.05) is 24.4 Å². The Morgan fingerprint density at radius 2 is 2.21 bits per heavy atom. The second-order valence-electron chi connectivity index (χ2n) is 4.15. The van der Waals surface area contributed by atoms with E-state index in [0.29, 0.717) is 16.3 Å². The van der Waals surface area contributed by atoms with Crippen LogP contribution in [0.25, 0.3) is 0 Å². The van der Waals surface area contributed by atoms with E-state index in [2.05, 4.69) is 5.32 Å². The number of anilines is 1. The van der Waals surface area contributed by atoms with Gasteiger partial charge < -0.3 is 11.1 Å². The predicted molar refractivity (Wildman–Crippen MR) is 80.7 cm³/mol. The van der Waals surface area contributed by atoms with E-state index in [4.69, 9.17) is 17.3 Å². The van der Waals surface area contributed by atoms with E-state index in [9.17, 15) is 4.79 Å². The van der Waals surface area contributed by atoms with Crippen molar-refractivity contribution in [3.63, 3.8) is 0 Å². The Morgan fingerprint density at radius 1 is 1.42 bits per heavy atom. The summed E-state index contributed by atoms with van der Waals surface area (Å²) < 4.78 is 0. The number of para-hydroxylation sites is 1. The molecule has 3 nitrogen and oxygen atoms in total. The molecule has 1 unspecified atom stereocenters. The molecule has 0 spiro atoms. The number of carbonyl (C=O) groups is 1. The second-order valence-corrected chi connectivity index (χ2v) is 5.54. The zero-order valence-corrected chi connectivity index (χ0v) is 12.1. The minimum Gasteiger partial charge on any atom is -0.397 e. The number of amides is 1. The Bertz CT molecular complexity index is 569. The van der Waals surface area contributed by atoms with Crippen molar-refractivity contribution >= 4 is 34.5 Å². The molecule has 1 amide bonds. The van der Waals surface area contributed by atoms with Gasteiger partial charge in [0.15, 0.2) is 0 Å². The van der Waals surface area contributed by atoms with Gasteiger partial charge in [-0.1, -0.05) is 30.7 Å². The third-order valence-electron chi connectivity index (χ3n) is 2.90. The number of thiophene rings is 1. The molecule has 1 atom stereocenters. The lowest BCUT2D eigenvalue weighted by Crippen LogP contribution is -2.28. The van der Waals surface area contributed by atoms with Crippen LogP contribution in [0.15, 0.2) is 35.7 Å². The highest BCUT2D eigenvalue weighted by Gasteiger charge is 2.17. The van der Waals surface area contributed by atoms with Gasteiger partial charge in [-0.3, -0.25) is 4.79 Å². The first-order valence-electron chi connectivity index (χ1n) is 6.01. The topological polar surface area (TPSA) is 55.1 Å². The van der Waals surface area contributed by atoms with Crippen LogP contribution in [0, 0.1) is 0 Å². The molecule has 1 aromatic carbocycles. The maximum atomic E-state index is 12.2. The standard InChI is InChI=1S/C14H15ClN2OS/c1-2-11(12-7-4-8-19-12)17-14(18)9-5-3-6-10(15)13(9)16/h3-8,11H,2,16H2,1H3,(H,17,18). The Balaban J connectivity index is 2.18. The van der Waals surface area contributed by atoms with Crippen LogP contribution < -0.4 is 11.1 Å². The first kappa shape index (κ1) is 13.9. The van der Waals surface area contributed by atoms with E-state index in [1.165, 1.54) is 0 Å². The molecule has 2 rings (SSSR count). The average Bonchev–Trinajstić information content (AvgIpc) is 2.92. The third kappa shape index (κ3) is 3.08. The number of benzene rings is 1. The monoisotopic (exact) mass is 294 g/mol. The molecule has 0 saturated carbocycles. The van der Waals surface area contributed by atoms with E-state index in [0.717, 1.165) is 11.3 Å². The second kappa shape index (κ2) is 6.08. The third-order valence-corrected chi connectivity index (χ3v) is 4.21. The van der Waals surface area contributed by atoms with E-state index < -0.39 is 0 Å². The summed E-state index contributed by atoms with van der Waals surface area (Å²) in [6.07, 6.45) is 0.826. The molecule has 0 bridgehead atoms. The summed E-state index contributed by atoms with van der Waals surface area (Å²) >= 11 is 7.55. The van der Waals surface area contributed by atoms with Gasteiger partial charge in [-0.25, -0.2) is 0 Å². The van der Waals surface area contributed by atoms with Gasteiger partial charge in [-0.05, 0) is 30.0 Å². The number of halogens is 1. The minimum absolute atomic E-state index is 0.00545. The van der Waals surface area contributed by atoms with Crippen LogP contribution in [-0.2, 0) is 0 Å². The van der Waals surface area contributed by atoms with Crippen LogP contribution >= 0.6 is 22.9 Å². The molecule has 0 aliphatic carbocycles. The number of nitrogen functional groups attached to an aromatic ring is 1. The molecule has 0 aliphatic rings. The number of carbonyl (C=O) groups excluding carboxylic acids is 1. The van der Waals surface area contributed by atoms with Gasteiger partial charge in [-0.15, -0.1) is 11.3 Å². The Morgan fingerprint density at radius 3 is 2.84 bits per heavy atom. The number of hydrogen-bond donors (Lipinski definition) is 2. The zero-order valence-electron chi connectivity index (χ0n) is 10.5. The molecule has 2 aromatic rings. The number of nitrogens with one attached hydrogen (secondary N) is 1. The summed E-state index contributed by atoms with van der Waals surface area (Å²) in [5, 5.41) is 5.38. The first-order valence-corrected chi connectivity index (χ1v) is 7.27. The van der Waals surface area contributed by atoms with Gasteiger partial charge in [0.25, 0.3) is 5.91 Å². The summed E-state index contributed by atoms with van der Waals surface area (Å²) in [6.45, 7) is 2.03. The minimum atomic E-state index is -0.194. The SMILES string of the molecule is CCC(NC(=O)c1cccc(Cl)c1N)c1cccs1. The first-order chi connectivity index (χ1) is 9.13. The fraction of sp³-hybridized carbons (Fsp3) is 0.214. The average molecular weight is 295 g/mol. The van der Waals surface area contributed by atoms with Crippen molar-refractivity contribution in [1.29, 1.82) is 0 Å². The van der Waals surface area contributed by atoms with E-state index in [-0.39, 0.29) is 11.9 Å². The maximum Gasteiger partial charge on any atom is 0.253 e. The molecule has 0 saturated heterocycles. The van der Waals surface area contributed by atoms with Crippen LogP contribution in [0.4, 0.5) is 5.69 Å². The van der Waals surface area contributed by atoms with Crippen molar-refractivity contribution in [3.05, 3.63) is 51.2 Å². The molecule has 100 valence electrons. The highest BCUT2D eigenvalue weighted by Crippen LogP contribution is 2.25. The summed E-state index contributed by atoms with van der Waals surface area (Å²) in [7, 11) is 0. The number of nitrogens with two attached hydrogens (primary N) is 1. The van der Waals surface area contributed by atoms with Gasteiger partial charge in [0.05, 0.1) is 22.3 Å². The molecule has 0 aliphatic heterocycles. The molecule has 19 heavy (non-hydrogen) atoms. The smallest absolute Gasteiger partial charge is 0.253 e. The Labute approximate surface area is 121 Å². The van der Waals surface area contributed by atoms with Crippen molar-refractivity contribution < 1.29 is 4.79 Å². The molecule has 0 radical (unpaired) electrons. The lowest BCUT2D eigenvalue weighted by molar-refractivity contribution is 0.0937. The van der Waals surface area contributed by atoms with Crippen molar-refractivity contribution in [3.8, 4) is 0 Å². The van der Waals surface area contributed by atoms with Crippen molar-refractivity contribution in [2.24, 2.45) is 0 Å². The lowest BCUT2D eigenvalue weighted by Gasteiger charge is -2.16. The van der Waals surface area contributed by atoms with Crippen molar-refractivity contribution in [1.82, 2.24) is 5.32 Å². The molecular weight excluding hydrogens is 280 g/mol. The lowest BCUT2D eigenvalue weighted by atomic mass is 10.1. The summed E-state index contributed by atoms with van der Waals surface area (Å²) in [6, 6.07) is 9.07. The van der Waals surface area contributed by atoms with Crippen LogP contribution in [0.5, 0.6) is 0 Å². The Kier molecular flexibility index (Phi) is 4.45. The fourth-order valence-corrected chi connectivity index (χ4v) is 2.87. The molecule has 5 heteroatoms. The molecule has 1 aromatic heterocycles. The normalized spacial score (nSPS) is 12.1. The molecule has 1 heterocycles. The summed E-state index contributed by atoms with van der Waals surface area (Å²) in [5.41, 5.74) is 6.57. The number of rotatable bonds is 4. The summed E-state index contributed by atoms with van der Waals surface area (Å²) in [4.78, 5) is 13.4. The highest BCUT2D eigenvalue weighted by molar-refractivity contribution is 7.10.